The number of esters is 2. The molecule has 2 N–H and O–H groups in total. The number of alkyl halides is 8. The van der Waals surface area contributed by atoms with Gasteiger partial charge in [0.25, 0.3) is 0 Å². The highest BCUT2D eigenvalue weighted by molar-refractivity contribution is 5.87. The Morgan fingerprint density at radius 1 is 0.628 bits per heavy atom. The number of amides is 2. The molecule has 0 aliphatic rings. The van der Waals surface area contributed by atoms with E-state index < -0.39 is 94.9 Å². The number of rotatable bonds is 19. The zero-order chi connectivity index (χ0) is 32.8. The van der Waals surface area contributed by atoms with Crippen LogP contribution >= 0.6 is 0 Å². The number of carbonyl (C=O) groups is 4. The van der Waals surface area contributed by atoms with Crippen LogP contribution in [-0.2, 0) is 42.7 Å². The standard InChI is InChI=1S/C21H26F8N2O11.CH4/c1-12(2)14(32)36-7-5-30-16(34)38-9-18(22,23)40-11-41-20(26,27)21(28,29)42-19(24,25)10-39-17(35)31-6-8-37-15(33)13(3)4;/h1,3,5-11H2,2,4H3,(H,30,34)(H,31,35);1H4. The molecule has 43 heavy (non-hydrogen) atoms. The third kappa shape index (κ3) is 17.7. The summed E-state index contributed by atoms with van der Waals surface area (Å²) < 4.78 is 135. The molecule has 0 unspecified atom stereocenters. The summed E-state index contributed by atoms with van der Waals surface area (Å²) in [6.07, 6.45) is -25.2. The van der Waals surface area contributed by atoms with Crippen LogP contribution in [0, 0.1) is 0 Å². The fraction of sp³-hybridized carbons (Fsp3) is 0.636. The van der Waals surface area contributed by atoms with Gasteiger partial charge in [0.15, 0.2) is 20.0 Å². The molecule has 2 amide bonds. The molecule has 0 aromatic rings. The van der Waals surface area contributed by atoms with Crippen LogP contribution in [0.4, 0.5) is 44.7 Å². The lowest BCUT2D eigenvalue weighted by Gasteiger charge is -2.29. The molecule has 0 heterocycles. The lowest BCUT2D eigenvalue weighted by atomic mass is 10.4. The second kappa shape index (κ2) is 18.1. The van der Waals surface area contributed by atoms with Crippen LogP contribution < -0.4 is 10.6 Å². The highest BCUT2D eigenvalue weighted by Crippen LogP contribution is 2.40. The van der Waals surface area contributed by atoms with Gasteiger partial charge in [0.2, 0.25) is 0 Å². The number of nitrogens with one attached hydrogen (secondary N) is 2. The van der Waals surface area contributed by atoms with Crippen molar-refractivity contribution in [3.8, 4) is 0 Å². The first-order valence-electron chi connectivity index (χ1n) is 11.1. The Bertz CT molecular complexity index is 981. The minimum atomic E-state index is -6.18. The van der Waals surface area contributed by atoms with Gasteiger partial charge in [-0.25, -0.2) is 23.9 Å². The summed E-state index contributed by atoms with van der Waals surface area (Å²) in [4.78, 5) is 44.8. The summed E-state index contributed by atoms with van der Waals surface area (Å²) in [7, 11) is 0. The third-order valence-electron chi connectivity index (χ3n) is 3.78. The van der Waals surface area contributed by atoms with Crippen molar-refractivity contribution in [3.63, 3.8) is 0 Å². The minimum absolute atomic E-state index is 0. The molecule has 0 bridgehead atoms. The smallest absolute Gasteiger partial charge is 0.453 e. The summed E-state index contributed by atoms with van der Waals surface area (Å²) in [6.45, 7) is 0.782. The van der Waals surface area contributed by atoms with Crippen LogP contribution in [0.1, 0.15) is 21.3 Å². The summed E-state index contributed by atoms with van der Waals surface area (Å²) >= 11 is 0. The van der Waals surface area contributed by atoms with Gasteiger partial charge in [-0.3, -0.25) is 9.47 Å². The SMILES string of the molecule is C.C=C(C)C(=O)OCCNC(=O)OCC(F)(F)OCOC(F)(F)C(F)(F)OC(F)(F)COC(=O)NCCOC(=O)C(=C)C. The van der Waals surface area contributed by atoms with Crippen molar-refractivity contribution >= 4 is 24.1 Å². The van der Waals surface area contributed by atoms with Crippen molar-refractivity contribution in [2.45, 2.75) is 45.7 Å². The highest BCUT2D eigenvalue weighted by atomic mass is 19.3. The summed E-state index contributed by atoms with van der Waals surface area (Å²) in [5.41, 5.74) is 0.0377. The van der Waals surface area contributed by atoms with Gasteiger partial charge in [-0.15, -0.1) is 0 Å². The number of ether oxygens (including phenoxy) is 7. The van der Waals surface area contributed by atoms with Gasteiger partial charge >= 0.3 is 48.6 Å². The molecule has 0 saturated carbocycles. The monoisotopic (exact) mass is 650 g/mol. The van der Waals surface area contributed by atoms with Crippen molar-refractivity contribution in [2.75, 3.05) is 46.3 Å². The van der Waals surface area contributed by atoms with Crippen molar-refractivity contribution in [2.24, 2.45) is 0 Å². The molecular weight excluding hydrogens is 620 g/mol. The van der Waals surface area contributed by atoms with E-state index in [0.717, 1.165) is 0 Å². The van der Waals surface area contributed by atoms with Crippen molar-refractivity contribution < 1.29 is 87.5 Å². The Morgan fingerprint density at radius 3 is 1.42 bits per heavy atom. The number of hydrogen-bond donors (Lipinski definition) is 2. The summed E-state index contributed by atoms with van der Waals surface area (Å²) in [6, 6.07) is 0. The summed E-state index contributed by atoms with van der Waals surface area (Å²) in [5.74, 6) is -1.66. The molecule has 0 aromatic carbocycles. The summed E-state index contributed by atoms with van der Waals surface area (Å²) in [5, 5.41) is 3.62. The fourth-order valence-electron chi connectivity index (χ4n) is 1.83. The minimum Gasteiger partial charge on any atom is -0.460 e. The lowest BCUT2D eigenvalue weighted by molar-refractivity contribution is -0.493. The van der Waals surface area contributed by atoms with E-state index in [0.29, 0.717) is 0 Å². The van der Waals surface area contributed by atoms with Crippen LogP contribution in [0.15, 0.2) is 24.3 Å². The fourth-order valence-corrected chi connectivity index (χ4v) is 1.83. The third-order valence-corrected chi connectivity index (χ3v) is 3.78. The van der Waals surface area contributed by atoms with E-state index in [4.69, 9.17) is 0 Å². The van der Waals surface area contributed by atoms with Gasteiger partial charge in [0, 0.05) is 11.1 Å². The van der Waals surface area contributed by atoms with E-state index in [1.807, 2.05) is 5.32 Å². The van der Waals surface area contributed by atoms with Crippen LogP contribution in [0.2, 0.25) is 0 Å². The van der Waals surface area contributed by atoms with Crippen LogP contribution in [-0.4, -0.2) is 94.9 Å². The number of alkyl carbamates (subject to hydrolysis) is 2. The normalized spacial score (nSPS) is 11.9. The van der Waals surface area contributed by atoms with E-state index in [2.05, 4.69) is 46.3 Å². The van der Waals surface area contributed by atoms with E-state index in [9.17, 15) is 54.3 Å². The van der Waals surface area contributed by atoms with E-state index in [1.165, 1.54) is 13.8 Å². The van der Waals surface area contributed by atoms with Crippen molar-refractivity contribution in [1.29, 1.82) is 0 Å². The largest absolute Gasteiger partial charge is 0.460 e. The van der Waals surface area contributed by atoms with Gasteiger partial charge in [-0.2, -0.15) is 35.1 Å². The Morgan fingerprint density at radius 2 is 1.02 bits per heavy atom. The molecule has 21 heteroatoms. The Balaban J connectivity index is 0. The zero-order valence-electron chi connectivity index (χ0n) is 21.9. The molecule has 0 fully saturated rings. The quantitative estimate of drug-likeness (QED) is 0.0525. The molecular formula is C22H30F8N2O11. The van der Waals surface area contributed by atoms with E-state index in [1.54, 1.807) is 5.32 Å². The second-order valence-corrected chi connectivity index (χ2v) is 7.66. The number of halogens is 8. The Labute approximate surface area is 239 Å². The Kier molecular flexibility index (Phi) is 17.4. The predicted molar refractivity (Wildman–Crippen MR) is 125 cm³/mol. The van der Waals surface area contributed by atoms with E-state index in [-0.39, 0.29) is 18.6 Å². The molecule has 0 aliphatic carbocycles. The molecule has 0 rings (SSSR count). The Hall–Kier alpha value is -3.72. The maximum atomic E-state index is 13.6. The first-order valence-corrected chi connectivity index (χ1v) is 11.1. The van der Waals surface area contributed by atoms with Gasteiger partial charge in [0.05, 0.1) is 13.1 Å². The van der Waals surface area contributed by atoms with Gasteiger partial charge in [-0.1, -0.05) is 20.6 Å². The van der Waals surface area contributed by atoms with Crippen LogP contribution in [0.3, 0.4) is 0 Å². The van der Waals surface area contributed by atoms with E-state index >= 15 is 0 Å². The molecule has 0 atom stereocenters. The molecule has 0 radical (unpaired) electrons. The first kappa shape index (κ1) is 41.4. The van der Waals surface area contributed by atoms with Crippen molar-refractivity contribution in [1.82, 2.24) is 10.6 Å². The first-order chi connectivity index (χ1) is 19.1. The maximum absolute atomic E-state index is 13.6. The molecule has 0 aliphatic heterocycles. The zero-order valence-corrected chi connectivity index (χ0v) is 21.9. The molecule has 0 saturated heterocycles. The van der Waals surface area contributed by atoms with Gasteiger partial charge < -0.3 is 29.6 Å². The molecule has 250 valence electrons. The molecule has 0 spiro atoms. The predicted octanol–water partition coefficient (Wildman–Crippen LogP) is 3.69. The average molecular weight is 650 g/mol. The molecule has 13 nitrogen and oxygen atoms in total. The second-order valence-electron chi connectivity index (χ2n) is 7.66. The lowest BCUT2D eigenvalue weighted by Crippen LogP contribution is -2.51. The molecule has 0 aromatic heterocycles. The number of hydrogen-bond acceptors (Lipinski definition) is 11. The number of carbonyl (C=O) groups excluding carboxylic acids is 4. The van der Waals surface area contributed by atoms with Gasteiger partial charge in [0.1, 0.15) is 13.2 Å². The van der Waals surface area contributed by atoms with Crippen LogP contribution in [0.25, 0.3) is 0 Å². The van der Waals surface area contributed by atoms with Crippen LogP contribution in [0.5, 0.6) is 0 Å². The van der Waals surface area contributed by atoms with Crippen molar-refractivity contribution in [3.05, 3.63) is 24.3 Å². The topological polar surface area (TPSA) is 157 Å². The average Bonchev–Trinajstić information content (AvgIpc) is 2.85. The van der Waals surface area contributed by atoms with Gasteiger partial charge in [-0.05, 0) is 13.8 Å². The highest BCUT2D eigenvalue weighted by Gasteiger charge is 2.64. The maximum Gasteiger partial charge on any atom is 0.453 e.